The predicted octanol–water partition coefficient (Wildman–Crippen LogP) is 1.74. The van der Waals surface area contributed by atoms with Gasteiger partial charge in [0, 0.05) is 6.54 Å². The Bertz CT molecular complexity index is 1130. The highest BCUT2D eigenvalue weighted by Gasteiger charge is 2.33. The lowest BCUT2D eigenvalue weighted by Gasteiger charge is -2.25. The van der Waals surface area contributed by atoms with E-state index in [0.717, 1.165) is 11.1 Å². The van der Waals surface area contributed by atoms with Crippen molar-refractivity contribution in [2.45, 2.75) is 56.5 Å². The van der Waals surface area contributed by atoms with Gasteiger partial charge in [0.1, 0.15) is 6.04 Å². The number of aryl methyl sites for hydroxylation is 1. The second-order valence-corrected chi connectivity index (χ2v) is 10.5. The zero-order valence-electron chi connectivity index (χ0n) is 19.4. The number of nitrogens with one attached hydrogen (secondary N) is 3. The average Bonchev–Trinajstić information content (AvgIpc) is 2.81. The molecule has 2 amide bonds. The maximum Gasteiger partial charge on any atom is 0.289 e. The molecule has 2 atom stereocenters. The number of amides is 2. The third-order valence-corrected chi connectivity index (χ3v) is 7.25. The molecule has 0 radical (unpaired) electrons. The maximum atomic E-state index is 13.1. The first kappa shape index (κ1) is 25.6. The van der Waals surface area contributed by atoms with Crippen LogP contribution in [0, 0.1) is 5.92 Å². The van der Waals surface area contributed by atoms with Gasteiger partial charge in [-0.3, -0.25) is 14.4 Å². The van der Waals surface area contributed by atoms with Crippen LogP contribution in [-0.2, 0) is 37.2 Å². The highest BCUT2D eigenvalue weighted by molar-refractivity contribution is 7.89. The summed E-state index contributed by atoms with van der Waals surface area (Å²) in [5.74, 6) is -2.52. The minimum atomic E-state index is -3.95. The van der Waals surface area contributed by atoms with Crippen LogP contribution in [0.15, 0.2) is 59.5 Å². The topological polar surface area (TPSA) is 121 Å². The molecule has 1 aliphatic rings. The number of benzene rings is 2. The maximum absolute atomic E-state index is 13.1. The molecule has 9 heteroatoms. The van der Waals surface area contributed by atoms with Crippen LogP contribution in [0.1, 0.15) is 37.8 Å². The SMILES string of the molecule is CC(C)C(NS(=O)(=O)c1ccccc1)C(=O)NC1CCCc2cccc(c2)CCNC(=O)C1=O. The van der Waals surface area contributed by atoms with Crippen LogP contribution < -0.4 is 15.4 Å². The molecule has 1 aliphatic heterocycles. The summed E-state index contributed by atoms with van der Waals surface area (Å²) in [4.78, 5) is 38.4. The molecule has 0 saturated heterocycles. The van der Waals surface area contributed by atoms with Crippen molar-refractivity contribution in [1.29, 1.82) is 0 Å². The first-order valence-electron chi connectivity index (χ1n) is 11.4. The van der Waals surface area contributed by atoms with Crippen LogP contribution in [0.3, 0.4) is 0 Å². The fourth-order valence-corrected chi connectivity index (χ4v) is 5.24. The van der Waals surface area contributed by atoms with Gasteiger partial charge in [-0.1, -0.05) is 56.3 Å². The Labute approximate surface area is 200 Å². The van der Waals surface area contributed by atoms with E-state index in [9.17, 15) is 22.8 Å². The molecule has 2 aromatic carbocycles. The van der Waals surface area contributed by atoms with E-state index in [1.807, 2.05) is 18.2 Å². The van der Waals surface area contributed by atoms with Crippen molar-refractivity contribution in [2.24, 2.45) is 5.92 Å². The van der Waals surface area contributed by atoms with Gasteiger partial charge >= 0.3 is 0 Å². The van der Waals surface area contributed by atoms with Crippen molar-refractivity contribution in [3.63, 3.8) is 0 Å². The quantitative estimate of drug-likeness (QED) is 0.538. The molecule has 0 saturated carbocycles. The highest BCUT2D eigenvalue weighted by atomic mass is 32.2. The minimum Gasteiger partial charge on any atom is -0.349 e. The van der Waals surface area contributed by atoms with Crippen molar-refractivity contribution < 1.29 is 22.8 Å². The van der Waals surface area contributed by atoms with Crippen LogP contribution in [-0.4, -0.2) is 44.6 Å². The summed E-state index contributed by atoms with van der Waals surface area (Å²) in [6.45, 7) is 3.72. The molecule has 2 unspecified atom stereocenters. The van der Waals surface area contributed by atoms with Crippen LogP contribution >= 0.6 is 0 Å². The standard InChI is InChI=1S/C25H31N3O5S/c1-17(2)22(28-34(32,33)20-11-4-3-5-12-20)24(30)27-21-13-7-10-18-8-6-9-19(16-18)14-15-26-25(31)23(21)29/h3-6,8-9,11-12,16-17,21-22,28H,7,10,13-15H2,1-2H3,(H,26,31)(H,27,30). The number of hydrogen-bond donors (Lipinski definition) is 3. The second-order valence-electron chi connectivity index (χ2n) is 8.80. The summed E-state index contributed by atoms with van der Waals surface area (Å²) in [6, 6.07) is 13.6. The van der Waals surface area contributed by atoms with E-state index in [2.05, 4.69) is 21.4 Å². The van der Waals surface area contributed by atoms with Crippen LogP contribution in [0.5, 0.6) is 0 Å². The first-order chi connectivity index (χ1) is 16.2. The minimum absolute atomic E-state index is 0.0390. The summed E-state index contributed by atoms with van der Waals surface area (Å²) in [5.41, 5.74) is 2.21. The Morgan fingerprint density at radius 1 is 1.00 bits per heavy atom. The van der Waals surface area contributed by atoms with E-state index in [-0.39, 0.29) is 11.3 Å². The number of fused-ring (bicyclic) bond motifs is 2. The molecule has 34 heavy (non-hydrogen) atoms. The molecule has 0 fully saturated rings. The number of sulfonamides is 1. The number of Topliss-reactive ketones (excluding diaryl/α,β-unsaturated/α-hetero) is 1. The normalized spacial score (nSPS) is 18.4. The fraction of sp³-hybridized carbons (Fsp3) is 0.400. The molecule has 0 aromatic heterocycles. The number of rotatable bonds is 6. The van der Waals surface area contributed by atoms with E-state index >= 15 is 0 Å². The summed E-state index contributed by atoms with van der Waals surface area (Å²) >= 11 is 0. The van der Waals surface area contributed by atoms with Crippen molar-refractivity contribution >= 4 is 27.6 Å². The van der Waals surface area contributed by atoms with Crippen molar-refractivity contribution in [3.05, 3.63) is 65.7 Å². The predicted molar refractivity (Wildman–Crippen MR) is 128 cm³/mol. The average molecular weight is 486 g/mol. The Kier molecular flexibility index (Phi) is 8.57. The van der Waals surface area contributed by atoms with Crippen LogP contribution in [0.2, 0.25) is 0 Å². The van der Waals surface area contributed by atoms with Gasteiger partial charge in [-0.15, -0.1) is 0 Å². The number of carbonyl (C=O) groups is 3. The summed E-state index contributed by atoms with van der Waals surface area (Å²) in [5, 5.41) is 5.26. The second kappa shape index (κ2) is 11.4. The zero-order valence-corrected chi connectivity index (χ0v) is 20.2. The molecule has 0 aliphatic carbocycles. The Morgan fingerprint density at radius 3 is 2.35 bits per heavy atom. The van der Waals surface area contributed by atoms with E-state index < -0.39 is 45.6 Å². The highest BCUT2D eigenvalue weighted by Crippen LogP contribution is 2.14. The smallest absolute Gasteiger partial charge is 0.289 e. The summed E-state index contributed by atoms with van der Waals surface area (Å²) in [6.07, 6.45) is 2.14. The van der Waals surface area contributed by atoms with Gasteiger partial charge in [-0.05, 0) is 54.9 Å². The third kappa shape index (κ3) is 6.74. The Hall–Kier alpha value is -3.04. The molecule has 2 aromatic rings. The Balaban J connectivity index is 1.76. The van der Waals surface area contributed by atoms with Crippen molar-refractivity contribution in [1.82, 2.24) is 15.4 Å². The molecule has 0 spiro atoms. The van der Waals surface area contributed by atoms with Crippen LogP contribution in [0.4, 0.5) is 0 Å². The van der Waals surface area contributed by atoms with Crippen LogP contribution in [0.25, 0.3) is 0 Å². The van der Waals surface area contributed by atoms with Gasteiger partial charge in [0.2, 0.25) is 21.7 Å². The monoisotopic (exact) mass is 485 g/mol. The number of ketones is 1. The van der Waals surface area contributed by atoms with Gasteiger partial charge < -0.3 is 10.6 Å². The molecule has 182 valence electrons. The molecular formula is C25H31N3O5S. The molecule has 3 N–H and O–H groups in total. The van der Waals surface area contributed by atoms with E-state index in [0.29, 0.717) is 25.8 Å². The lowest BCUT2D eigenvalue weighted by molar-refractivity contribution is -0.140. The van der Waals surface area contributed by atoms with Crippen molar-refractivity contribution in [3.8, 4) is 0 Å². The molecule has 3 rings (SSSR count). The van der Waals surface area contributed by atoms with E-state index in [1.54, 1.807) is 32.0 Å². The summed E-state index contributed by atoms with van der Waals surface area (Å²) < 4.78 is 28.0. The lowest BCUT2D eigenvalue weighted by Crippen LogP contribution is -2.55. The number of hydrogen-bond acceptors (Lipinski definition) is 5. The van der Waals surface area contributed by atoms with Gasteiger partial charge in [0.05, 0.1) is 10.9 Å². The number of carbonyl (C=O) groups excluding carboxylic acids is 3. The van der Waals surface area contributed by atoms with E-state index in [4.69, 9.17) is 0 Å². The fourth-order valence-electron chi connectivity index (χ4n) is 3.87. The van der Waals surface area contributed by atoms with Gasteiger partial charge in [0.25, 0.3) is 5.91 Å². The lowest BCUT2D eigenvalue weighted by atomic mass is 9.98. The molecule has 2 bridgehead atoms. The largest absolute Gasteiger partial charge is 0.349 e. The zero-order chi connectivity index (χ0) is 24.7. The van der Waals surface area contributed by atoms with E-state index in [1.165, 1.54) is 12.1 Å². The van der Waals surface area contributed by atoms with Gasteiger partial charge in [-0.25, -0.2) is 8.42 Å². The molecule has 1 heterocycles. The first-order valence-corrected chi connectivity index (χ1v) is 12.9. The Morgan fingerprint density at radius 2 is 1.68 bits per heavy atom. The summed E-state index contributed by atoms with van der Waals surface area (Å²) in [7, 11) is -3.95. The third-order valence-electron chi connectivity index (χ3n) is 5.79. The molecule has 8 nitrogen and oxygen atoms in total. The molecular weight excluding hydrogens is 454 g/mol. The van der Waals surface area contributed by atoms with Crippen molar-refractivity contribution in [2.75, 3.05) is 6.54 Å². The van der Waals surface area contributed by atoms with Gasteiger partial charge in [0.15, 0.2) is 0 Å². The van der Waals surface area contributed by atoms with Gasteiger partial charge in [-0.2, -0.15) is 4.72 Å².